The normalized spacial score (nSPS) is 17.1. The number of aryl methyl sites for hydroxylation is 1. The maximum atomic E-state index is 12.5. The second-order valence-corrected chi connectivity index (χ2v) is 6.62. The number of rotatable bonds is 5. The van der Waals surface area contributed by atoms with Gasteiger partial charge < -0.3 is 9.88 Å². The van der Waals surface area contributed by atoms with Gasteiger partial charge in [0.25, 0.3) is 5.91 Å². The second-order valence-electron chi connectivity index (χ2n) is 6.62. The minimum atomic E-state index is -0.284. The lowest BCUT2D eigenvalue weighted by atomic mass is 10.1. The van der Waals surface area contributed by atoms with Gasteiger partial charge in [-0.3, -0.25) is 14.7 Å². The van der Waals surface area contributed by atoms with Gasteiger partial charge in [-0.05, 0) is 31.5 Å². The average Bonchev–Trinajstić information content (AvgIpc) is 3.32. The minimum absolute atomic E-state index is 0.198. The Balaban J connectivity index is 1.51. The van der Waals surface area contributed by atoms with Crippen LogP contribution in [0.2, 0.25) is 0 Å². The highest BCUT2D eigenvalue weighted by Gasteiger charge is 2.28. The molecule has 138 valence electrons. The Morgan fingerprint density at radius 1 is 1.26 bits per heavy atom. The predicted molar refractivity (Wildman–Crippen MR) is 99.8 cm³/mol. The minimum Gasteiger partial charge on any atom is -0.337 e. The summed E-state index contributed by atoms with van der Waals surface area (Å²) in [7, 11) is 2.00. The molecular formula is C19H21N7O. The summed E-state index contributed by atoms with van der Waals surface area (Å²) in [4.78, 5) is 31.7. The molecular weight excluding hydrogens is 342 g/mol. The van der Waals surface area contributed by atoms with Crippen LogP contribution in [0.15, 0.2) is 49.3 Å². The summed E-state index contributed by atoms with van der Waals surface area (Å²) < 4.78 is 2.04. The molecule has 1 atom stereocenters. The Labute approximate surface area is 157 Å². The number of carbonyl (C=O) groups excluding carboxylic acids is 1. The highest BCUT2D eigenvalue weighted by molar-refractivity contribution is 6.02. The largest absolute Gasteiger partial charge is 0.337 e. The lowest BCUT2D eigenvalue weighted by Crippen LogP contribution is -2.25. The molecule has 1 aliphatic heterocycles. The molecule has 1 aliphatic rings. The van der Waals surface area contributed by atoms with Gasteiger partial charge in [0.2, 0.25) is 0 Å². The van der Waals surface area contributed by atoms with Crippen LogP contribution >= 0.6 is 0 Å². The number of hydrogen-bond donors (Lipinski definition) is 1. The van der Waals surface area contributed by atoms with Crippen LogP contribution in [0, 0.1) is 0 Å². The van der Waals surface area contributed by atoms with E-state index in [4.69, 9.17) is 0 Å². The number of anilines is 1. The second kappa shape index (κ2) is 7.63. The fourth-order valence-corrected chi connectivity index (χ4v) is 3.40. The van der Waals surface area contributed by atoms with E-state index in [2.05, 4.69) is 30.2 Å². The van der Waals surface area contributed by atoms with E-state index in [1.54, 1.807) is 12.3 Å². The van der Waals surface area contributed by atoms with Crippen molar-refractivity contribution in [1.29, 1.82) is 0 Å². The van der Waals surface area contributed by atoms with Crippen LogP contribution in [0.5, 0.6) is 0 Å². The Morgan fingerprint density at radius 2 is 2.19 bits per heavy atom. The summed E-state index contributed by atoms with van der Waals surface area (Å²) in [6, 6.07) is 5.79. The average molecular weight is 363 g/mol. The SMILES string of the molecule is Cn1cncc1CN1CCCC1c1cccc(C(=O)Nc2cnccn2)n1. The number of nitrogens with zero attached hydrogens (tertiary/aromatic N) is 6. The molecule has 8 nitrogen and oxygen atoms in total. The molecule has 1 fully saturated rings. The molecule has 8 heteroatoms. The molecule has 1 N–H and O–H groups in total. The van der Waals surface area contributed by atoms with Crippen molar-refractivity contribution >= 4 is 11.7 Å². The van der Waals surface area contributed by atoms with E-state index < -0.39 is 0 Å². The van der Waals surface area contributed by atoms with Crippen molar-refractivity contribution in [3.8, 4) is 0 Å². The van der Waals surface area contributed by atoms with Crippen LogP contribution in [0.3, 0.4) is 0 Å². The quantitative estimate of drug-likeness (QED) is 0.747. The summed E-state index contributed by atoms with van der Waals surface area (Å²) in [6.45, 7) is 1.83. The number of pyridine rings is 1. The smallest absolute Gasteiger partial charge is 0.275 e. The van der Waals surface area contributed by atoms with Crippen molar-refractivity contribution in [3.05, 3.63) is 66.4 Å². The fraction of sp³-hybridized carbons (Fsp3) is 0.316. The lowest BCUT2D eigenvalue weighted by Gasteiger charge is -2.24. The lowest BCUT2D eigenvalue weighted by molar-refractivity contribution is 0.102. The molecule has 0 spiro atoms. The summed E-state index contributed by atoms with van der Waals surface area (Å²) in [5.41, 5.74) is 2.46. The highest BCUT2D eigenvalue weighted by Crippen LogP contribution is 2.32. The van der Waals surface area contributed by atoms with Crippen LogP contribution in [0.25, 0.3) is 0 Å². The standard InChI is InChI=1S/C19H21N7O/c1-25-13-21-10-14(25)12-26-9-3-6-17(26)15-4-2-5-16(23-15)19(27)24-18-11-20-7-8-22-18/h2,4-5,7-8,10-11,13,17H,3,6,9,12H2,1H3,(H,22,24,27). The summed E-state index contributed by atoms with van der Waals surface area (Å²) in [5.74, 6) is 0.127. The Hall–Kier alpha value is -3.13. The van der Waals surface area contributed by atoms with Gasteiger partial charge in [-0.25, -0.2) is 15.0 Å². The van der Waals surface area contributed by atoms with E-state index in [0.29, 0.717) is 11.5 Å². The van der Waals surface area contributed by atoms with Crippen LogP contribution in [-0.4, -0.2) is 41.9 Å². The van der Waals surface area contributed by atoms with Crippen molar-refractivity contribution in [2.75, 3.05) is 11.9 Å². The van der Waals surface area contributed by atoms with Gasteiger partial charge in [0, 0.05) is 32.2 Å². The van der Waals surface area contributed by atoms with Crippen molar-refractivity contribution in [2.24, 2.45) is 7.05 Å². The van der Waals surface area contributed by atoms with E-state index in [0.717, 1.165) is 31.6 Å². The summed E-state index contributed by atoms with van der Waals surface area (Å²) in [6.07, 6.45) is 10.5. The van der Waals surface area contributed by atoms with Crippen LogP contribution in [-0.2, 0) is 13.6 Å². The van der Waals surface area contributed by atoms with Gasteiger partial charge in [-0.1, -0.05) is 6.07 Å². The predicted octanol–water partition coefficient (Wildman–Crippen LogP) is 2.19. The molecule has 3 aromatic heterocycles. The first kappa shape index (κ1) is 17.3. The maximum absolute atomic E-state index is 12.5. The van der Waals surface area contributed by atoms with Crippen molar-refractivity contribution in [3.63, 3.8) is 0 Å². The van der Waals surface area contributed by atoms with Gasteiger partial charge in [0.1, 0.15) is 5.69 Å². The molecule has 0 aliphatic carbocycles. The monoisotopic (exact) mass is 363 g/mol. The number of nitrogens with one attached hydrogen (secondary N) is 1. The molecule has 1 unspecified atom stereocenters. The highest BCUT2D eigenvalue weighted by atomic mass is 16.1. The number of likely N-dealkylation sites (tertiary alicyclic amines) is 1. The number of hydrogen-bond acceptors (Lipinski definition) is 6. The molecule has 0 radical (unpaired) electrons. The van der Waals surface area contributed by atoms with Crippen LogP contribution in [0.1, 0.15) is 40.8 Å². The van der Waals surface area contributed by atoms with Crippen LogP contribution < -0.4 is 5.32 Å². The topological polar surface area (TPSA) is 88.8 Å². The number of imidazole rings is 1. The third-order valence-electron chi connectivity index (χ3n) is 4.79. The zero-order chi connectivity index (χ0) is 18.6. The number of aromatic nitrogens is 5. The number of amides is 1. The van der Waals surface area contributed by atoms with Gasteiger partial charge in [-0.15, -0.1) is 0 Å². The van der Waals surface area contributed by atoms with Gasteiger partial charge in [0.05, 0.1) is 30.0 Å². The Kier molecular flexibility index (Phi) is 4.88. The molecule has 0 saturated carbocycles. The van der Waals surface area contributed by atoms with Gasteiger partial charge in [-0.2, -0.15) is 0 Å². The first-order valence-electron chi connectivity index (χ1n) is 8.94. The van der Waals surface area contributed by atoms with Crippen molar-refractivity contribution < 1.29 is 4.79 Å². The van der Waals surface area contributed by atoms with E-state index in [9.17, 15) is 4.79 Å². The first-order chi connectivity index (χ1) is 13.2. The van der Waals surface area contributed by atoms with Crippen molar-refractivity contribution in [2.45, 2.75) is 25.4 Å². The van der Waals surface area contributed by atoms with E-state index >= 15 is 0 Å². The third kappa shape index (κ3) is 3.85. The van der Waals surface area contributed by atoms with Gasteiger partial charge >= 0.3 is 0 Å². The maximum Gasteiger partial charge on any atom is 0.275 e. The first-order valence-corrected chi connectivity index (χ1v) is 8.94. The molecule has 0 aromatic carbocycles. The third-order valence-corrected chi connectivity index (χ3v) is 4.79. The van der Waals surface area contributed by atoms with E-state index in [1.807, 2.05) is 36.3 Å². The fourth-order valence-electron chi connectivity index (χ4n) is 3.40. The van der Waals surface area contributed by atoms with Crippen molar-refractivity contribution in [1.82, 2.24) is 29.4 Å². The molecule has 27 heavy (non-hydrogen) atoms. The van der Waals surface area contributed by atoms with E-state index in [1.165, 1.54) is 18.1 Å². The molecule has 1 amide bonds. The number of carbonyl (C=O) groups is 1. The Bertz CT molecular complexity index is 925. The molecule has 1 saturated heterocycles. The summed E-state index contributed by atoms with van der Waals surface area (Å²) in [5, 5.41) is 2.73. The van der Waals surface area contributed by atoms with Gasteiger partial charge in [0.15, 0.2) is 5.82 Å². The molecule has 0 bridgehead atoms. The van der Waals surface area contributed by atoms with E-state index in [-0.39, 0.29) is 11.9 Å². The Morgan fingerprint density at radius 3 is 2.96 bits per heavy atom. The summed E-state index contributed by atoms with van der Waals surface area (Å²) >= 11 is 0. The van der Waals surface area contributed by atoms with Crippen LogP contribution in [0.4, 0.5) is 5.82 Å². The molecule has 4 rings (SSSR count). The zero-order valence-corrected chi connectivity index (χ0v) is 15.1. The zero-order valence-electron chi connectivity index (χ0n) is 15.1. The molecule has 3 aromatic rings. The molecule has 4 heterocycles.